The number of hydrogen-bond acceptors (Lipinski definition) is 5. The summed E-state index contributed by atoms with van der Waals surface area (Å²) in [7, 11) is -3.51. The number of H-pyrrole nitrogens is 1. The van der Waals surface area contributed by atoms with Crippen molar-refractivity contribution in [3.8, 4) is 0 Å². The third kappa shape index (κ3) is 3.27. The Kier molecular flexibility index (Phi) is 4.53. The first-order valence-electron chi connectivity index (χ1n) is 10.7. The average molecular weight is 442 g/mol. The minimum atomic E-state index is -3.51. The second kappa shape index (κ2) is 6.93. The number of pyridine rings is 1. The highest BCUT2D eigenvalue weighted by atomic mass is 32.2. The van der Waals surface area contributed by atoms with Crippen LogP contribution in [-0.4, -0.2) is 33.0 Å². The van der Waals surface area contributed by atoms with E-state index >= 15 is 0 Å². The van der Waals surface area contributed by atoms with Gasteiger partial charge in [-0.25, -0.2) is 8.42 Å². The first-order valence-corrected chi connectivity index (χ1v) is 12.1. The second-order valence-electron chi connectivity index (χ2n) is 9.43. The maximum Gasteiger partial charge on any atom is 0.261 e. The molecule has 0 unspecified atom stereocenters. The van der Waals surface area contributed by atoms with E-state index < -0.39 is 15.6 Å². The molecule has 2 aliphatic rings. The van der Waals surface area contributed by atoms with Crippen molar-refractivity contribution in [3.05, 3.63) is 46.4 Å². The fraction of sp³-hybridized carbons (Fsp3) is 0.455. The van der Waals surface area contributed by atoms with Crippen LogP contribution < -0.4 is 10.9 Å². The molecular formula is C22H27N5O3S. The van der Waals surface area contributed by atoms with Crippen molar-refractivity contribution in [1.82, 2.24) is 19.1 Å². The zero-order chi connectivity index (χ0) is 22.0. The van der Waals surface area contributed by atoms with Gasteiger partial charge in [-0.2, -0.15) is 9.40 Å². The van der Waals surface area contributed by atoms with E-state index in [0.29, 0.717) is 34.4 Å². The number of nitrogens with one attached hydrogen (secondary N) is 2. The van der Waals surface area contributed by atoms with Crippen LogP contribution in [0.4, 0.5) is 11.5 Å². The van der Waals surface area contributed by atoms with Gasteiger partial charge in [-0.3, -0.25) is 9.48 Å². The van der Waals surface area contributed by atoms with Gasteiger partial charge < -0.3 is 10.3 Å². The first kappa shape index (κ1) is 20.3. The molecule has 0 amide bonds. The smallest absolute Gasteiger partial charge is 0.261 e. The summed E-state index contributed by atoms with van der Waals surface area (Å²) in [4.78, 5) is 15.7. The number of nitrogens with zero attached hydrogens (tertiary/aromatic N) is 3. The van der Waals surface area contributed by atoms with Crippen LogP contribution in [0.15, 0.2) is 40.2 Å². The van der Waals surface area contributed by atoms with Gasteiger partial charge in [-0.1, -0.05) is 12.8 Å². The van der Waals surface area contributed by atoms with Gasteiger partial charge in [0.25, 0.3) is 5.56 Å². The Morgan fingerprint density at radius 1 is 1.16 bits per heavy atom. The number of aromatic nitrogens is 3. The van der Waals surface area contributed by atoms with Crippen LogP contribution in [-0.2, 0) is 16.6 Å². The standard InChI is InChI=1S/C22H27N5O3S/c1-22(2,3)26-13-14-12-15(8-9-18(14)31(26,29)30)24-20-19-17(10-11-23-21(19)28)27(25-20)16-6-4-5-7-16/h8-12,16H,4-7,13H2,1-3H3,(H,23,28)(H,24,25). The number of hydrogen-bond donors (Lipinski definition) is 2. The molecular weight excluding hydrogens is 414 g/mol. The quantitative estimate of drug-likeness (QED) is 0.642. The van der Waals surface area contributed by atoms with Gasteiger partial charge in [0.05, 0.1) is 16.5 Å². The van der Waals surface area contributed by atoms with Crippen molar-refractivity contribution >= 4 is 32.4 Å². The molecule has 5 rings (SSSR count). The normalized spacial score (nSPS) is 19.2. The van der Waals surface area contributed by atoms with E-state index in [0.717, 1.165) is 23.9 Å². The molecule has 1 aromatic carbocycles. The van der Waals surface area contributed by atoms with Gasteiger partial charge >= 0.3 is 0 Å². The van der Waals surface area contributed by atoms with E-state index in [9.17, 15) is 13.2 Å². The van der Waals surface area contributed by atoms with Gasteiger partial charge in [-0.05, 0) is 63.4 Å². The van der Waals surface area contributed by atoms with E-state index in [1.165, 1.54) is 17.1 Å². The third-order valence-electron chi connectivity index (χ3n) is 6.25. The van der Waals surface area contributed by atoms with Crippen LogP contribution in [0.5, 0.6) is 0 Å². The molecule has 0 saturated heterocycles. The van der Waals surface area contributed by atoms with Crippen LogP contribution in [0.1, 0.15) is 58.1 Å². The van der Waals surface area contributed by atoms with Gasteiger partial charge in [0.2, 0.25) is 10.0 Å². The zero-order valence-electron chi connectivity index (χ0n) is 18.0. The summed E-state index contributed by atoms with van der Waals surface area (Å²) in [5, 5.41) is 8.56. The Hall–Kier alpha value is -2.65. The zero-order valence-corrected chi connectivity index (χ0v) is 18.8. The van der Waals surface area contributed by atoms with E-state index in [1.54, 1.807) is 18.3 Å². The highest BCUT2D eigenvalue weighted by molar-refractivity contribution is 7.89. The molecule has 3 heterocycles. The molecule has 9 heteroatoms. The van der Waals surface area contributed by atoms with Gasteiger partial charge in [0, 0.05) is 24.0 Å². The fourth-order valence-electron chi connectivity index (χ4n) is 4.74. The molecule has 0 spiro atoms. The molecule has 3 aromatic rings. The largest absolute Gasteiger partial charge is 0.338 e. The first-order chi connectivity index (χ1) is 14.7. The van der Waals surface area contributed by atoms with Gasteiger partial charge in [0.15, 0.2) is 5.82 Å². The van der Waals surface area contributed by atoms with Crippen molar-refractivity contribution in [1.29, 1.82) is 0 Å². The summed E-state index contributed by atoms with van der Waals surface area (Å²) in [5.74, 6) is 0.497. The second-order valence-corrected chi connectivity index (χ2v) is 11.3. The topological polar surface area (TPSA) is 100 Å². The van der Waals surface area contributed by atoms with Crippen LogP contribution in [0.3, 0.4) is 0 Å². The maximum absolute atomic E-state index is 12.9. The molecule has 1 saturated carbocycles. The van der Waals surface area contributed by atoms with Crippen molar-refractivity contribution in [2.75, 3.05) is 5.32 Å². The maximum atomic E-state index is 12.9. The Labute approximate surface area is 181 Å². The van der Waals surface area contributed by atoms with Gasteiger partial charge in [0.1, 0.15) is 5.39 Å². The van der Waals surface area contributed by atoms with Crippen LogP contribution >= 0.6 is 0 Å². The minimum Gasteiger partial charge on any atom is -0.338 e. The lowest BCUT2D eigenvalue weighted by Crippen LogP contribution is -2.41. The summed E-state index contributed by atoms with van der Waals surface area (Å²) in [5.41, 5.74) is 1.58. The number of anilines is 2. The van der Waals surface area contributed by atoms with E-state index in [-0.39, 0.29) is 5.56 Å². The monoisotopic (exact) mass is 441 g/mol. The third-order valence-corrected chi connectivity index (χ3v) is 8.47. The number of sulfonamides is 1. The minimum absolute atomic E-state index is 0.188. The Morgan fingerprint density at radius 2 is 1.90 bits per heavy atom. The predicted molar refractivity (Wildman–Crippen MR) is 120 cm³/mol. The highest BCUT2D eigenvalue weighted by Gasteiger charge is 2.41. The summed E-state index contributed by atoms with van der Waals surface area (Å²) in [6, 6.07) is 7.41. The van der Waals surface area contributed by atoms with Crippen LogP contribution in [0, 0.1) is 0 Å². The number of fused-ring (bicyclic) bond motifs is 2. The lowest BCUT2D eigenvalue weighted by Gasteiger charge is -2.29. The molecule has 31 heavy (non-hydrogen) atoms. The number of benzene rings is 1. The number of rotatable bonds is 3. The molecule has 2 aromatic heterocycles. The Bertz CT molecular complexity index is 1330. The summed E-state index contributed by atoms with van der Waals surface area (Å²) < 4.78 is 29.3. The SMILES string of the molecule is CC(C)(C)N1Cc2cc(Nc3nn(C4CCCC4)c4cc[nH]c(=O)c34)ccc2S1(=O)=O. The highest BCUT2D eigenvalue weighted by Crippen LogP contribution is 2.38. The predicted octanol–water partition coefficient (Wildman–Crippen LogP) is 3.89. The molecule has 8 nitrogen and oxygen atoms in total. The van der Waals surface area contributed by atoms with Crippen molar-refractivity contribution < 1.29 is 8.42 Å². The van der Waals surface area contributed by atoms with E-state index in [1.807, 2.05) is 37.6 Å². The summed E-state index contributed by atoms with van der Waals surface area (Å²) in [6.45, 7) is 6.01. The lowest BCUT2D eigenvalue weighted by molar-refractivity contribution is 0.252. The molecule has 2 N–H and O–H groups in total. The molecule has 0 radical (unpaired) electrons. The van der Waals surface area contributed by atoms with Gasteiger partial charge in [-0.15, -0.1) is 0 Å². The average Bonchev–Trinajstić information content (AvgIpc) is 3.39. The summed E-state index contributed by atoms with van der Waals surface area (Å²) >= 11 is 0. The van der Waals surface area contributed by atoms with E-state index in [4.69, 9.17) is 5.10 Å². The Morgan fingerprint density at radius 3 is 2.61 bits per heavy atom. The Balaban J connectivity index is 1.55. The molecule has 0 bridgehead atoms. The van der Waals surface area contributed by atoms with Crippen LogP contribution in [0.25, 0.3) is 10.9 Å². The molecule has 164 valence electrons. The van der Waals surface area contributed by atoms with Crippen LogP contribution in [0.2, 0.25) is 0 Å². The van der Waals surface area contributed by atoms with Crippen molar-refractivity contribution in [2.45, 2.75) is 69.5 Å². The van der Waals surface area contributed by atoms with E-state index in [2.05, 4.69) is 10.3 Å². The van der Waals surface area contributed by atoms with Crippen molar-refractivity contribution in [2.24, 2.45) is 0 Å². The van der Waals surface area contributed by atoms with Crippen molar-refractivity contribution in [3.63, 3.8) is 0 Å². The molecule has 1 fully saturated rings. The molecule has 1 aliphatic carbocycles. The molecule has 0 atom stereocenters. The summed E-state index contributed by atoms with van der Waals surface area (Å²) in [6.07, 6.45) is 6.11. The number of aromatic amines is 1. The lowest BCUT2D eigenvalue weighted by atomic mass is 10.1. The fourth-order valence-corrected chi connectivity index (χ4v) is 6.70. The molecule has 1 aliphatic heterocycles.